The highest BCUT2D eigenvalue weighted by molar-refractivity contribution is 4.65. The Kier molecular flexibility index (Phi) is 6.15. The average molecular weight is 185 g/mol. The molecular weight excluding hydrogens is 164 g/mol. The Bertz CT molecular complexity index is 113. The minimum atomic E-state index is 0.0523. The third kappa shape index (κ3) is 5.24. The Labute approximate surface area is 81.1 Å². The lowest BCUT2D eigenvalue weighted by Gasteiger charge is -2.26. The first kappa shape index (κ1) is 11.0. The normalized spacial score (nSPS) is 19.2. The van der Waals surface area contributed by atoms with Crippen LogP contribution in [0.25, 0.3) is 0 Å². The van der Waals surface area contributed by atoms with E-state index < -0.39 is 0 Å². The first-order chi connectivity index (χ1) is 6.43. The van der Waals surface area contributed by atoms with E-state index >= 15 is 0 Å². The van der Waals surface area contributed by atoms with Crippen molar-refractivity contribution in [2.75, 3.05) is 39.3 Å². The monoisotopic (exact) mass is 185 g/mol. The Morgan fingerprint density at radius 2 is 1.85 bits per heavy atom. The molecule has 1 heterocycles. The fourth-order valence-corrected chi connectivity index (χ4v) is 1.74. The van der Waals surface area contributed by atoms with Gasteiger partial charge in [-0.05, 0) is 38.9 Å². The van der Waals surface area contributed by atoms with Gasteiger partial charge in [0.2, 0.25) is 0 Å². The second kappa shape index (κ2) is 7.30. The largest absolute Gasteiger partial charge is 0.315 e. The van der Waals surface area contributed by atoms with E-state index in [1.807, 2.05) is 0 Å². The molecule has 0 bridgehead atoms. The molecule has 77 valence electrons. The molecule has 0 amide bonds. The van der Waals surface area contributed by atoms with Crippen molar-refractivity contribution in [3.8, 4) is 0 Å². The topological polar surface area (TPSA) is 35.2 Å². The van der Waals surface area contributed by atoms with E-state index in [2.05, 4.69) is 10.2 Å². The summed E-state index contributed by atoms with van der Waals surface area (Å²) in [6.45, 7) is 5.67. The van der Waals surface area contributed by atoms with E-state index in [0.29, 0.717) is 0 Å². The zero-order valence-electron chi connectivity index (χ0n) is 8.43. The van der Waals surface area contributed by atoms with E-state index in [-0.39, 0.29) is 6.61 Å². The molecule has 1 rings (SSSR count). The molecule has 3 heteroatoms. The predicted octanol–water partition coefficient (Wildman–Crippen LogP) is 0.882. The lowest BCUT2D eigenvalue weighted by atomic mass is 10.1. The Hall–Kier alpha value is -0.120. The molecule has 0 saturated carbocycles. The molecule has 1 N–H and O–H groups in total. The van der Waals surface area contributed by atoms with Crippen molar-refractivity contribution in [3.05, 3.63) is 0 Å². The minimum Gasteiger partial charge on any atom is -0.315 e. The highest BCUT2D eigenvalue weighted by Gasteiger charge is 2.08. The Morgan fingerprint density at radius 3 is 2.54 bits per heavy atom. The van der Waals surface area contributed by atoms with Crippen molar-refractivity contribution in [2.45, 2.75) is 25.7 Å². The maximum Gasteiger partial charge on any atom is 0.0834 e. The molecule has 0 unspecified atom stereocenters. The summed E-state index contributed by atoms with van der Waals surface area (Å²) in [5.41, 5.74) is 0. The van der Waals surface area contributed by atoms with Crippen molar-refractivity contribution >= 4 is 0 Å². The van der Waals surface area contributed by atoms with Crippen LogP contribution >= 0.6 is 0 Å². The smallest absolute Gasteiger partial charge is 0.0834 e. The third-order valence-corrected chi connectivity index (χ3v) is 2.55. The van der Waals surface area contributed by atoms with Crippen LogP contribution < -0.4 is 5.32 Å². The van der Waals surface area contributed by atoms with E-state index in [1.54, 1.807) is 0 Å². The molecule has 0 atom stereocenters. The fourth-order valence-electron chi connectivity index (χ4n) is 1.74. The predicted molar refractivity (Wildman–Crippen MR) is 53.3 cm³/mol. The molecule has 13 heavy (non-hydrogen) atoms. The van der Waals surface area contributed by atoms with Crippen molar-refractivity contribution in [3.63, 3.8) is 0 Å². The third-order valence-electron chi connectivity index (χ3n) is 2.55. The fraction of sp³-hybridized carbons (Fsp3) is 1.00. The van der Waals surface area contributed by atoms with Gasteiger partial charge in [0.05, 0.1) is 6.61 Å². The summed E-state index contributed by atoms with van der Waals surface area (Å²) in [6.07, 6.45) is 4.89. The van der Waals surface area contributed by atoms with Gasteiger partial charge in [-0.1, -0.05) is 6.42 Å². The quantitative estimate of drug-likeness (QED) is 0.624. The highest BCUT2D eigenvalue weighted by atomic mass is 16.3. The van der Waals surface area contributed by atoms with Crippen LogP contribution in [0.2, 0.25) is 0 Å². The molecule has 1 radical (unpaired) electrons. The first-order valence-corrected chi connectivity index (χ1v) is 5.44. The van der Waals surface area contributed by atoms with E-state index in [0.717, 1.165) is 26.1 Å². The molecule has 1 aliphatic heterocycles. The first-order valence-electron chi connectivity index (χ1n) is 5.44. The second-order valence-electron chi connectivity index (χ2n) is 3.71. The molecule has 1 saturated heterocycles. The van der Waals surface area contributed by atoms with E-state index in [9.17, 15) is 5.11 Å². The number of hydrogen-bond acceptors (Lipinski definition) is 2. The zero-order valence-corrected chi connectivity index (χ0v) is 8.43. The minimum absolute atomic E-state index is 0.0523. The van der Waals surface area contributed by atoms with Gasteiger partial charge in [-0.15, -0.1) is 0 Å². The molecule has 1 aliphatic rings. The van der Waals surface area contributed by atoms with E-state index in [4.69, 9.17) is 0 Å². The summed E-state index contributed by atoms with van der Waals surface area (Å²) >= 11 is 0. The van der Waals surface area contributed by atoms with Crippen molar-refractivity contribution in [2.24, 2.45) is 0 Å². The van der Waals surface area contributed by atoms with Crippen LogP contribution in [0.3, 0.4) is 0 Å². The summed E-state index contributed by atoms with van der Waals surface area (Å²) in [5, 5.41) is 13.4. The van der Waals surface area contributed by atoms with Crippen molar-refractivity contribution in [1.82, 2.24) is 10.2 Å². The van der Waals surface area contributed by atoms with Crippen molar-refractivity contribution < 1.29 is 5.11 Å². The van der Waals surface area contributed by atoms with Gasteiger partial charge in [-0.3, -0.25) is 0 Å². The van der Waals surface area contributed by atoms with Gasteiger partial charge in [0.1, 0.15) is 0 Å². The molecule has 3 nitrogen and oxygen atoms in total. The Morgan fingerprint density at radius 1 is 1.08 bits per heavy atom. The zero-order chi connectivity index (χ0) is 9.36. The molecule has 0 aromatic rings. The van der Waals surface area contributed by atoms with Gasteiger partial charge in [-0.25, -0.2) is 5.11 Å². The van der Waals surface area contributed by atoms with Crippen LogP contribution in [0, 0.1) is 0 Å². The van der Waals surface area contributed by atoms with Gasteiger partial charge < -0.3 is 10.2 Å². The lowest BCUT2D eigenvalue weighted by molar-refractivity contribution is 0.186. The summed E-state index contributed by atoms with van der Waals surface area (Å²) in [7, 11) is 0. The molecule has 0 aromatic heterocycles. The van der Waals surface area contributed by atoms with Crippen LogP contribution in [0.5, 0.6) is 0 Å². The molecule has 1 fully saturated rings. The number of nitrogens with one attached hydrogen (secondary N) is 1. The SMILES string of the molecule is [O]CCCNCCN1CCCCC1. The summed E-state index contributed by atoms with van der Waals surface area (Å²) < 4.78 is 0. The Balaban J connectivity index is 1.86. The highest BCUT2D eigenvalue weighted by Crippen LogP contribution is 2.06. The number of nitrogens with zero attached hydrogens (tertiary/aromatic N) is 1. The van der Waals surface area contributed by atoms with Crippen LogP contribution in [0.1, 0.15) is 25.7 Å². The van der Waals surface area contributed by atoms with Crippen LogP contribution in [-0.4, -0.2) is 44.2 Å². The van der Waals surface area contributed by atoms with Gasteiger partial charge in [0.15, 0.2) is 0 Å². The van der Waals surface area contributed by atoms with Gasteiger partial charge >= 0.3 is 0 Å². The number of rotatable bonds is 6. The summed E-state index contributed by atoms with van der Waals surface area (Å²) in [5.74, 6) is 0. The maximum atomic E-state index is 10.1. The van der Waals surface area contributed by atoms with Crippen LogP contribution in [-0.2, 0) is 5.11 Å². The molecular formula is C10H21N2O. The molecule has 0 aliphatic carbocycles. The molecule has 0 spiro atoms. The van der Waals surface area contributed by atoms with Gasteiger partial charge in [0.25, 0.3) is 0 Å². The van der Waals surface area contributed by atoms with Crippen LogP contribution in [0.4, 0.5) is 0 Å². The number of hydrogen-bond donors (Lipinski definition) is 1. The standard InChI is InChI=1S/C10H21N2O/c13-10-4-5-11-6-9-12-7-2-1-3-8-12/h11H,1-10H2. The summed E-state index contributed by atoms with van der Waals surface area (Å²) in [4.78, 5) is 2.51. The number of likely N-dealkylation sites (tertiary alicyclic amines) is 1. The summed E-state index contributed by atoms with van der Waals surface area (Å²) in [6, 6.07) is 0. The van der Waals surface area contributed by atoms with Crippen LogP contribution in [0.15, 0.2) is 0 Å². The van der Waals surface area contributed by atoms with Gasteiger partial charge in [-0.2, -0.15) is 0 Å². The lowest BCUT2D eigenvalue weighted by Crippen LogP contribution is -2.36. The number of piperidine rings is 1. The second-order valence-corrected chi connectivity index (χ2v) is 3.71. The molecule has 0 aromatic carbocycles. The van der Waals surface area contributed by atoms with E-state index in [1.165, 1.54) is 32.4 Å². The average Bonchev–Trinajstić information content (AvgIpc) is 2.19. The van der Waals surface area contributed by atoms with Gasteiger partial charge in [0, 0.05) is 13.1 Å². The maximum absolute atomic E-state index is 10.1. The van der Waals surface area contributed by atoms with Crippen molar-refractivity contribution in [1.29, 1.82) is 0 Å².